The van der Waals surface area contributed by atoms with Crippen molar-refractivity contribution in [3.8, 4) is 0 Å². The smallest absolute Gasteiger partial charge is 0.425 e. The average Bonchev–Trinajstić information content (AvgIpc) is 1.56. The van der Waals surface area contributed by atoms with Gasteiger partial charge in [0.05, 0.1) is 48.9 Å². The Morgan fingerprint density at radius 3 is 1.54 bits per heavy atom. The highest BCUT2D eigenvalue weighted by atomic mass is 32.2. The van der Waals surface area contributed by atoms with Crippen molar-refractivity contribution in [1.29, 1.82) is 0 Å². The molecular weight excluding hydrogens is 1550 g/mol. The Morgan fingerprint density at radius 1 is 0.532 bits per heavy atom. The zero-order chi connectivity index (χ0) is 81.6. The van der Waals surface area contributed by atoms with Crippen molar-refractivity contribution >= 4 is 145 Å². The average molecular weight is 1640 g/mol. The molecule has 0 aromatic heterocycles. The van der Waals surface area contributed by atoms with Crippen LogP contribution in [0.5, 0.6) is 0 Å². The van der Waals surface area contributed by atoms with Crippen LogP contribution in [0.15, 0.2) is 172 Å². The van der Waals surface area contributed by atoms with E-state index in [2.05, 4.69) is 60.1 Å². The molecule has 4 aliphatic rings. The highest BCUT2D eigenvalue weighted by molar-refractivity contribution is 7.86. The summed E-state index contributed by atoms with van der Waals surface area (Å²) in [4.78, 5) is 19.4. The fourth-order valence-corrected chi connectivity index (χ4v) is 16.5. The molecule has 0 fully saturated rings. The molecule has 10 rings (SSSR count). The van der Waals surface area contributed by atoms with E-state index in [1.165, 1.54) is 24.3 Å². The molecule has 6 aromatic carbocycles. The second kappa shape index (κ2) is 36.8. The Morgan fingerprint density at radius 2 is 1.03 bits per heavy atom. The summed E-state index contributed by atoms with van der Waals surface area (Å²) in [6, 6.07) is 28.5. The standard InChI is InChI=1S/C44H53N3O8S2.C30H34N2O6S2.3O3S/c1-9-11-24-47-33-21-19-29-18-20-30(57(53,54)55)26-31(29)37(33)44(8,22-15-25-56(50,51)52)36(47)17-14-12-13-16-35-43(6,7)39-34(46(35)23-10-2)27-32(41(48)49)38-40(39)45-28(3)42(38,4)5;1-3-4-20-32-27-17-15-23-14-16-25(40(36,37)38)22-26(23)29(27)30(2,18-10-21-39(33,34)35)28(32)13-8-9-19-31-24-11-6-5-7-12-24;3*1-4(2)3/h12-14,16-21,26-27H,9-11,15,22-25H2,1-8H3,(H2-,48,49,50,51,52,53,54,55);5-9,11-17,19,22H,3-4,10,18,20-21H2,1-2H3,(H2,33,34,35,36,37,38);;;/p+2. The van der Waals surface area contributed by atoms with Gasteiger partial charge in [-0.15, -0.1) is 37.9 Å². The van der Waals surface area contributed by atoms with Gasteiger partial charge in [0, 0.05) is 94.6 Å². The first-order chi connectivity index (χ1) is 50.7. The fourth-order valence-electron chi connectivity index (χ4n) is 14.5. The van der Waals surface area contributed by atoms with Gasteiger partial charge in [-0.1, -0.05) is 108 Å². The summed E-state index contributed by atoms with van der Waals surface area (Å²) < 4.78 is 215. The predicted octanol–water partition coefficient (Wildman–Crippen LogP) is 12.3. The van der Waals surface area contributed by atoms with Crippen LogP contribution in [0.1, 0.15) is 160 Å². The monoisotopic (exact) mass is 1640 g/mol. The van der Waals surface area contributed by atoms with Gasteiger partial charge in [-0.05, 0) is 155 Å². The first-order valence-electron chi connectivity index (χ1n) is 34.3. The van der Waals surface area contributed by atoms with Gasteiger partial charge in [-0.2, -0.15) is 42.8 Å². The van der Waals surface area contributed by atoms with Crippen LogP contribution < -0.4 is 10.2 Å². The summed E-state index contributed by atoms with van der Waals surface area (Å²) in [5.41, 5.74) is 9.32. The zero-order valence-corrected chi connectivity index (χ0v) is 67.3. The molecule has 28 nitrogen and oxygen atoms in total. The van der Waals surface area contributed by atoms with Crippen molar-refractivity contribution in [2.45, 2.75) is 158 Å². The number of benzene rings is 6. The lowest BCUT2D eigenvalue weighted by molar-refractivity contribution is -0.438. The predicted molar refractivity (Wildman–Crippen MR) is 417 cm³/mol. The van der Waals surface area contributed by atoms with E-state index in [0.29, 0.717) is 43.2 Å². The van der Waals surface area contributed by atoms with Crippen molar-refractivity contribution in [2.24, 2.45) is 4.99 Å². The van der Waals surface area contributed by atoms with Gasteiger partial charge in [0.15, 0.2) is 11.4 Å². The van der Waals surface area contributed by atoms with Crippen LogP contribution in [-0.4, -0.2) is 158 Å². The molecule has 6 aromatic rings. The van der Waals surface area contributed by atoms with Crippen LogP contribution in [0.25, 0.3) is 21.5 Å². The molecule has 2 atom stereocenters. The molecule has 0 radical (unpaired) electrons. The van der Waals surface area contributed by atoms with Gasteiger partial charge in [-0.25, -0.2) is 4.79 Å². The highest BCUT2D eigenvalue weighted by Gasteiger charge is 2.52. The molecule has 0 amide bonds. The summed E-state index contributed by atoms with van der Waals surface area (Å²) in [5, 5.41) is 16.5. The maximum Gasteiger partial charge on any atom is 0.425 e. The molecule has 0 saturated carbocycles. The molecule has 109 heavy (non-hydrogen) atoms. The second-order valence-electron chi connectivity index (χ2n) is 27.4. The molecule has 4 heterocycles. The molecule has 0 aliphatic carbocycles. The number of nitrogens with one attached hydrogen (secondary N) is 1. The lowest BCUT2D eigenvalue weighted by Gasteiger charge is -2.31. The lowest BCUT2D eigenvalue weighted by atomic mass is 9.74. The molecule has 2 unspecified atom stereocenters. The summed E-state index contributed by atoms with van der Waals surface area (Å²) in [5.74, 6) is -1.78. The minimum absolute atomic E-state index is 0.154. The molecule has 4 aliphatic heterocycles. The van der Waals surface area contributed by atoms with E-state index in [1.54, 1.807) is 12.1 Å². The van der Waals surface area contributed by atoms with Crippen LogP contribution >= 0.6 is 0 Å². The third-order valence-electron chi connectivity index (χ3n) is 19.4. The number of carbonyl (C=O) groups is 1. The summed E-state index contributed by atoms with van der Waals surface area (Å²) in [7, 11) is -26.7. The van der Waals surface area contributed by atoms with E-state index in [0.717, 1.165) is 116 Å². The van der Waals surface area contributed by atoms with E-state index in [4.69, 9.17) is 42.9 Å². The van der Waals surface area contributed by atoms with Crippen molar-refractivity contribution < 1.29 is 109 Å². The van der Waals surface area contributed by atoms with Crippen LogP contribution in [-0.2, 0) is 94.0 Å². The number of unbranched alkanes of at least 4 members (excludes halogenated alkanes) is 2. The first-order valence-corrected chi connectivity index (χ1v) is 43.4. The fraction of sp³-hybridized carbons (Fsp3) is 0.378. The maximum atomic E-state index is 12.7. The normalized spacial score (nSPS) is 18.0. The molecule has 588 valence electrons. The van der Waals surface area contributed by atoms with Crippen LogP contribution in [0.3, 0.4) is 0 Å². The number of carboxylic acids is 1. The first kappa shape index (κ1) is 89.0. The van der Waals surface area contributed by atoms with Crippen LogP contribution in [0.2, 0.25) is 0 Å². The number of allylic oxidation sites excluding steroid dienone is 9. The molecule has 35 heteroatoms. The van der Waals surface area contributed by atoms with E-state index in [9.17, 15) is 61.8 Å². The summed E-state index contributed by atoms with van der Waals surface area (Å²) in [6.45, 7) is 22.7. The number of para-hydroxylation sites is 1. The number of carboxylic acid groups (broad SMARTS) is 1. The third kappa shape index (κ3) is 22.0. The molecular formula is C74H89N5O23S7+2. The number of nitrogens with zero attached hydrogens (tertiary/aromatic N) is 4. The highest BCUT2D eigenvalue weighted by Crippen LogP contribution is 2.56. The summed E-state index contributed by atoms with van der Waals surface area (Å²) in [6.07, 6.45) is 23.2. The Bertz CT molecular complexity index is 5560. The van der Waals surface area contributed by atoms with E-state index in [1.807, 2.05) is 144 Å². The Balaban J connectivity index is 0.000000310. The van der Waals surface area contributed by atoms with Crippen molar-refractivity contribution in [3.63, 3.8) is 0 Å². The van der Waals surface area contributed by atoms with Crippen molar-refractivity contribution in [1.82, 2.24) is 0 Å². The Kier molecular flexibility index (Phi) is 30.0. The van der Waals surface area contributed by atoms with E-state index in [-0.39, 0.29) is 33.9 Å². The number of aromatic carboxylic acids is 1. The van der Waals surface area contributed by atoms with E-state index >= 15 is 0 Å². The number of hydrogen-bond donors (Lipinski definition) is 6. The van der Waals surface area contributed by atoms with E-state index < -0.39 is 106 Å². The van der Waals surface area contributed by atoms with Crippen LogP contribution in [0, 0.1) is 0 Å². The number of hydrogen-bond acceptors (Lipinski definition) is 21. The topological polar surface area (TPSA) is 442 Å². The largest absolute Gasteiger partial charge is 0.478 e. The van der Waals surface area contributed by atoms with Crippen molar-refractivity contribution in [3.05, 3.63) is 185 Å². The number of anilines is 2. The lowest BCUT2D eigenvalue weighted by Crippen LogP contribution is -2.32. The maximum absolute atomic E-state index is 12.7. The minimum atomic E-state index is -4.50. The van der Waals surface area contributed by atoms with Gasteiger partial charge in [0.25, 0.3) is 40.5 Å². The van der Waals surface area contributed by atoms with Gasteiger partial charge in [0.2, 0.25) is 11.4 Å². The number of aliphatic imine (C=N–C) groups is 1. The quantitative estimate of drug-likeness (QED) is 0.0167. The summed E-state index contributed by atoms with van der Waals surface area (Å²) >= 11 is 0. The second-order valence-corrected chi connectivity index (χ2v) is 34.7. The van der Waals surface area contributed by atoms with Gasteiger partial charge in [-0.3, -0.25) is 23.2 Å². The molecule has 0 saturated heterocycles. The molecule has 6 N–H and O–H groups in total. The molecule has 0 bridgehead atoms. The van der Waals surface area contributed by atoms with Crippen molar-refractivity contribution in [2.75, 3.05) is 41.4 Å². The SMILES string of the molecule is CCCCN1C(=CC=CC=CC2=[N+](CCC)c3cc(C(=O)O)c4c(c3C2(C)C)N=C(C)C4(C)C)C(C)(CCCS(=O)(=O)O)c2c1ccc1ccc(S(=O)(=O)O)cc21.CCCC[N+]1=C(/C=C/C=C/Nc2ccccc2)C(C)(CCCS(=O)(=O)O)c2c1ccc1ccc(S(=O)(=O)O)cc21.O=S(=O)=O.O=S(=O)=O.O=S(=O)=O. The Labute approximate surface area is 640 Å². The van der Waals surface area contributed by atoms with Gasteiger partial charge < -0.3 is 15.3 Å². The third-order valence-corrected chi connectivity index (χ3v) is 22.7. The minimum Gasteiger partial charge on any atom is -0.478 e. The van der Waals surface area contributed by atoms with Gasteiger partial charge in [0.1, 0.15) is 13.1 Å². The van der Waals surface area contributed by atoms with Gasteiger partial charge >= 0.3 is 37.8 Å². The number of fused-ring (bicyclic) bond motifs is 9. The number of rotatable bonds is 26. The zero-order valence-electron chi connectivity index (χ0n) is 61.6. The Hall–Kier alpha value is -8.88. The molecule has 0 spiro atoms. The van der Waals surface area contributed by atoms with Crippen LogP contribution in [0.4, 0.5) is 28.4 Å².